The van der Waals surface area contributed by atoms with Crippen molar-refractivity contribution in [3.63, 3.8) is 0 Å². The number of hydrogen-bond donors (Lipinski definition) is 0. The van der Waals surface area contributed by atoms with Crippen LogP contribution in [0.15, 0.2) is 194 Å². The molecule has 5 aliphatic rings. The Morgan fingerprint density at radius 3 is 1.14 bits per heavy atom. The van der Waals surface area contributed by atoms with E-state index in [-0.39, 0.29) is 0 Å². The molecule has 0 radical (unpaired) electrons. The van der Waals surface area contributed by atoms with Crippen molar-refractivity contribution in [2.24, 2.45) is 25.0 Å². The first kappa shape index (κ1) is 30.2. The normalized spacial score (nSPS) is 17.3. The Morgan fingerprint density at radius 2 is 0.784 bits per heavy atom. The molecule has 9 heteroatoms. The van der Waals surface area contributed by atoms with Gasteiger partial charge >= 0.3 is 0 Å². The molecule has 0 unspecified atom stereocenters. The first-order valence-electron chi connectivity index (χ1n) is 16.2. The molecule has 0 atom stereocenters. The summed E-state index contributed by atoms with van der Waals surface area (Å²) in [5, 5.41) is 2.45. The molecule has 4 aromatic rings. The van der Waals surface area contributed by atoms with Crippen LogP contribution < -0.4 is 0 Å². The molecule has 0 spiro atoms. The van der Waals surface area contributed by atoms with E-state index >= 15 is 0 Å². The third-order valence-electron chi connectivity index (χ3n) is 8.70. The molecule has 9 rings (SSSR count). The van der Waals surface area contributed by atoms with Gasteiger partial charge in [0, 0.05) is 24.2 Å². The van der Waals surface area contributed by atoms with E-state index in [2.05, 4.69) is 10.2 Å². The average Bonchev–Trinajstić information content (AvgIpc) is 4.02. The molecule has 0 aliphatic carbocycles. The van der Waals surface area contributed by atoms with E-state index in [4.69, 9.17) is 47.1 Å². The van der Waals surface area contributed by atoms with Gasteiger partial charge in [-0.3, -0.25) is 15.0 Å². The van der Waals surface area contributed by atoms with Gasteiger partial charge in [0.25, 0.3) is 0 Å². The first-order chi connectivity index (χ1) is 25.2. The Hall–Kier alpha value is -6.93. The number of aromatic nitrogens is 3. The number of allylic oxidation sites excluding steroid dienone is 12. The highest BCUT2D eigenvalue weighted by Gasteiger charge is 2.28. The van der Waals surface area contributed by atoms with Crippen molar-refractivity contribution >= 4 is 68.2 Å². The summed E-state index contributed by atoms with van der Waals surface area (Å²) in [6.07, 6.45) is 21.4. The number of hydrogen-bond acceptors (Lipinski definition) is 9. The Kier molecular flexibility index (Phi) is 7.59. The second-order valence-electron chi connectivity index (χ2n) is 11.8. The number of rotatable bonds is 5. The van der Waals surface area contributed by atoms with Crippen LogP contribution in [0.25, 0.3) is 22.3 Å². The molecule has 8 bridgehead atoms. The molecule has 5 aliphatic heterocycles. The minimum Gasteiger partial charge on any atom is -0.256 e. The summed E-state index contributed by atoms with van der Waals surface area (Å²) in [6, 6.07) is 25.4. The van der Waals surface area contributed by atoms with Crippen LogP contribution in [0.3, 0.4) is 0 Å². The van der Waals surface area contributed by atoms with E-state index in [9.17, 15) is 0 Å². The number of pyridine rings is 3. The monoisotopic (exact) mass is 672 g/mol. The fraction of sp³-hybridized carbons (Fsp3) is 0. The number of benzene rings is 1. The quantitative estimate of drug-likeness (QED) is 0.157. The van der Waals surface area contributed by atoms with Crippen LogP contribution in [0.5, 0.6) is 0 Å². The third kappa shape index (κ3) is 5.58. The van der Waals surface area contributed by atoms with Crippen LogP contribution in [-0.2, 0) is 0 Å². The Labute approximate surface area is 298 Å². The van der Waals surface area contributed by atoms with Gasteiger partial charge in [-0.1, -0.05) is 30.3 Å². The summed E-state index contributed by atoms with van der Waals surface area (Å²) in [5.41, 5.74) is 13.1. The van der Waals surface area contributed by atoms with Gasteiger partial charge in [-0.05, 0) is 115 Å². The Morgan fingerprint density at radius 1 is 0.412 bits per heavy atom. The highest BCUT2D eigenvalue weighted by Crippen LogP contribution is 2.38. The van der Waals surface area contributed by atoms with Crippen molar-refractivity contribution in [1.82, 2.24) is 15.0 Å². The van der Waals surface area contributed by atoms with Crippen molar-refractivity contribution in [2.45, 2.75) is 0 Å². The summed E-state index contributed by atoms with van der Waals surface area (Å²) in [5.74, 6) is 0. The molecule has 0 fully saturated rings. The highest BCUT2D eigenvalue weighted by atomic mass is 32.1. The van der Waals surface area contributed by atoms with Crippen molar-refractivity contribution in [3.8, 4) is 0 Å². The SMILES string of the molecule is S=C=Nc1ccc(C2=C3C=CC(=N3)C(c3ccccn3)=C3C=CC(=N3)C(c3ccccn3)=C3C=CC(=N3)C(c3ccccn3)=C3C=CC2=N3)cc1. The lowest BCUT2D eigenvalue weighted by Crippen LogP contribution is -2.05. The fourth-order valence-corrected chi connectivity index (χ4v) is 6.56. The van der Waals surface area contributed by atoms with Gasteiger partial charge in [0.15, 0.2) is 0 Å². The van der Waals surface area contributed by atoms with E-state index in [1.54, 1.807) is 18.6 Å². The average molecular weight is 673 g/mol. The second-order valence-corrected chi connectivity index (χ2v) is 11.9. The van der Waals surface area contributed by atoms with Gasteiger partial charge in [0.05, 0.1) is 90.3 Å². The molecule has 1 aromatic carbocycles. The molecular formula is C42H24N8S. The van der Waals surface area contributed by atoms with Gasteiger partial charge in [0.1, 0.15) is 0 Å². The fourth-order valence-electron chi connectivity index (χ4n) is 6.46. The van der Waals surface area contributed by atoms with E-state index < -0.39 is 0 Å². The largest absolute Gasteiger partial charge is 0.256 e. The van der Waals surface area contributed by atoms with Gasteiger partial charge in [0.2, 0.25) is 0 Å². The van der Waals surface area contributed by atoms with Crippen LogP contribution in [0.1, 0.15) is 22.6 Å². The van der Waals surface area contributed by atoms with Crippen LogP contribution >= 0.6 is 12.2 Å². The van der Waals surface area contributed by atoms with E-state index in [1.807, 2.05) is 127 Å². The van der Waals surface area contributed by atoms with Gasteiger partial charge in [-0.15, -0.1) is 0 Å². The summed E-state index contributed by atoms with van der Waals surface area (Å²) >= 11 is 4.85. The van der Waals surface area contributed by atoms with Crippen LogP contribution in [0.4, 0.5) is 5.69 Å². The first-order valence-corrected chi connectivity index (χ1v) is 16.6. The molecule has 8 nitrogen and oxygen atoms in total. The number of aliphatic imine (C=N–C) groups is 5. The van der Waals surface area contributed by atoms with Gasteiger partial charge in [-0.25, -0.2) is 20.0 Å². The van der Waals surface area contributed by atoms with Gasteiger partial charge in [-0.2, -0.15) is 4.99 Å². The van der Waals surface area contributed by atoms with Crippen molar-refractivity contribution in [3.05, 3.63) is 191 Å². The molecule has 8 heterocycles. The number of thiocarbonyl (C=S) groups is 1. The minimum atomic E-state index is 0.712. The van der Waals surface area contributed by atoms with Crippen LogP contribution in [-0.4, -0.2) is 43.0 Å². The smallest absolute Gasteiger partial charge is 0.0753 e. The number of fused-ring (bicyclic) bond motifs is 4. The molecule has 238 valence electrons. The van der Waals surface area contributed by atoms with Crippen molar-refractivity contribution in [1.29, 1.82) is 0 Å². The maximum absolute atomic E-state index is 5.25. The molecule has 0 N–H and O–H groups in total. The molecule has 3 aromatic heterocycles. The maximum atomic E-state index is 5.25. The highest BCUT2D eigenvalue weighted by molar-refractivity contribution is 7.78. The Bertz CT molecular complexity index is 2530. The zero-order valence-electron chi connectivity index (χ0n) is 26.8. The molecule has 51 heavy (non-hydrogen) atoms. The predicted molar refractivity (Wildman–Crippen MR) is 208 cm³/mol. The summed E-state index contributed by atoms with van der Waals surface area (Å²) in [4.78, 5) is 39.3. The second kappa shape index (κ2) is 12.8. The third-order valence-corrected chi connectivity index (χ3v) is 8.79. The summed E-state index contributed by atoms with van der Waals surface area (Å²) < 4.78 is 0. The van der Waals surface area contributed by atoms with E-state index in [0.29, 0.717) is 5.69 Å². The van der Waals surface area contributed by atoms with E-state index in [1.165, 1.54) is 0 Å². The van der Waals surface area contributed by atoms with Crippen LogP contribution in [0.2, 0.25) is 0 Å². The van der Waals surface area contributed by atoms with Crippen molar-refractivity contribution < 1.29 is 0 Å². The number of nitrogens with zero attached hydrogens (tertiary/aromatic N) is 8. The lowest BCUT2D eigenvalue weighted by atomic mass is 9.98. The lowest BCUT2D eigenvalue weighted by Gasteiger charge is -2.12. The topological polar surface area (TPSA) is 100 Å². The summed E-state index contributed by atoms with van der Waals surface area (Å²) in [7, 11) is 0. The number of isothiocyanates is 1. The molecule has 0 saturated heterocycles. The zero-order chi connectivity index (χ0) is 34.1. The zero-order valence-corrected chi connectivity index (χ0v) is 27.7. The maximum Gasteiger partial charge on any atom is 0.0753 e. The Balaban J connectivity index is 1.36. The van der Waals surface area contributed by atoms with Gasteiger partial charge < -0.3 is 0 Å². The van der Waals surface area contributed by atoms with Crippen molar-refractivity contribution in [2.75, 3.05) is 0 Å². The molecule has 0 amide bonds. The molecule has 0 saturated carbocycles. The standard InChI is InChI=1S/C42H24N8S/c51-25-46-27-12-10-26(11-13-27)39-31-14-16-33(47-31)40(28-7-1-4-22-43-28)35-18-20-37(49-35)42(30-9-3-6-24-45-30)38-21-19-36(50-38)41(29-8-2-5-23-44-29)34-17-15-32(39)48-34/h1-24H. The molecular weight excluding hydrogens is 649 g/mol. The van der Waals surface area contributed by atoms with Crippen LogP contribution in [0, 0.1) is 0 Å². The van der Waals surface area contributed by atoms with E-state index in [0.717, 1.165) is 90.6 Å². The summed E-state index contributed by atoms with van der Waals surface area (Å²) in [6.45, 7) is 0. The minimum absolute atomic E-state index is 0.712. The lowest BCUT2D eigenvalue weighted by molar-refractivity contribution is 1.26. The predicted octanol–water partition coefficient (Wildman–Crippen LogP) is 8.61.